The molecular formula is C23H18N4O2S2. The molecule has 1 N–H and O–H groups in total. The van der Waals surface area contributed by atoms with E-state index in [1.54, 1.807) is 28.1 Å². The predicted octanol–water partition coefficient (Wildman–Crippen LogP) is 4.67. The van der Waals surface area contributed by atoms with Crippen LogP contribution in [0.4, 0.5) is 5.00 Å². The van der Waals surface area contributed by atoms with Crippen LogP contribution in [0.1, 0.15) is 16.7 Å². The molecule has 4 rings (SSSR count). The number of anilines is 1. The molecule has 1 amide bonds. The van der Waals surface area contributed by atoms with Crippen molar-refractivity contribution in [1.82, 2.24) is 9.55 Å². The van der Waals surface area contributed by atoms with E-state index in [9.17, 15) is 9.59 Å². The third kappa shape index (κ3) is 4.24. The minimum Gasteiger partial charge on any atom is -0.316 e. The molecule has 2 heterocycles. The third-order valence-corrected chi connectivity index (χ3v) is 6.49. The Bertz CT molecular complexity index is 1400. The molecule has 2 aromatic carbocycles. The van der Waals surface area contributed by atoms with Gasteiger partial charge in [-0.1, -0.05) is 36.0 Å². The Hall–Kier alpha value is -3.41. The summed E-state index contributed by atoms with van der Waals surface area (Å²) in [6.07, 6.45) is 0. The summed E-state index contributed by atoms with van der Waals surface area (Å²) < 4.78 is 1.58. The molecule has 0 fully saturated rings. The third-order valence-electron chi connectivity index (χ3n) is 4.72. The first kappa shape index (κ1) is 20.8. The summed E-state index contributed by atoms with van der Waals surface area (Å²) in [6.45, 7) is 3.91. The van der Waals surface area contributed by atoms with Crippen molar-refractivity contribution < 1.29 is 4.79 Å². The van der Waals surface area contributed by atoms with Crippen LogP contribution >= 0.6 is 23.1 Å². The minimum atomic E-state index is -0.265. The number of thioether (sulfide) groups is 1. The lowest BCUT2D eigenvalue weighted by atomic mass is 10.1. The molecule has 154 valence electrons. The zero-order chi connectivity index (χ0) is 22.0. The molecule has 0 unspecified atom stereocenters. The Morgan fingerprint density at radius 3 is 2.84 bits per heavy atom. The number of hydrogen-bond donors (Lipinski definition) is 1. The molecule has 0 bridgehead atoms. The van der Waals surface area contributed by atoms with Crippen molar-refractivity contribution in [3.05, 3.63) is 81.0 Å². The number of thiophene rings is 1. The zero-order valence-electron chi connectivity index (χ0n) is 16.9. The van der Waals surface area contributed by atoms with Crippen LogP contribution in [0.15, 0.2) is 63.9 Å². The Morgan fingerprint density at radius 2 is 2.03 bits per heavy atom. The van der Waals surface area contributed by atoms with Crippen LogP contribution in [0.25, 0.3) is 16.6 Å². The number of nitriles is 1. The monoisotopic (exact) mass is 446 g/mol. The highest BCUT2D eigenvalue weighted by atomic mass is 32.2. The highest BCUT2D eigenvalue weighted by Gasteiger charge is 2.17. The largest absolute Gasteiger partial charge is 0.316 e. The number of fused-ring (bicyclic) bond motifs is 1. The minimum absolute atomic E-state index is 0.0540. The van der Waals surface area contributed by atoms with E-state index < -0.39 is 0 Å². The van der Waals surface area contributed by atoms with Gasteiger partial charge in [-0.3, -0.25) is 14.2 Å². The van der Waals surface area contributed by atoms with Gasteiger partial charge in [-0.15, -0.1) is 11.3 Å². The standard InChI is InChI=1S/C23H18N4O2S2/c1-14-7-8-15(2)19(11-14)27-22(29)17-5-3-4-6-18(17)25-23(27)31-13-20(28)26-21-16(12-24)9-10-30-21/h3-11H,13H2,1-2H3,(H,26,28). The molecule has 0 aliphatic carbocycles. The van der Waals surface area contributed by atoms with E-state index in [2.05, 4.69) is 16.4 Å². The first-order chi connectivity index (χ1) is 15.0. The second kappa shape index (κ2) is 8.76. The van der Waals surface area contributed by atoms with Crippen LogP contribution in [0.3, 0.4) is 0 Å². The zero-order valence-corrected chi connectivity index (χ0v) is 18.5. The van der Waals surface area contributed by atoms with Gasteiger partial charge in [0.25, 0.3) is 5.56 Å². The molecule has 0 radical (unpaired) electrons. The summed E-state index contributed by atoms with van der Waals surface area (Å²) in [5.41, 5.74) is 3.55. The van der Waals surface area contributed by atoms with Gasteiger partial charge in [-0.05, 0) is 54.6 Å². The highest BCUT2D eigenvalue weighted by molar-refractivity contribution is 7.99. The number of aromatic nitrogens is 2. The number of carbonyl (C=O) groups is 1. The van der Waals surface area contributed by atoms with E-state index in [1.165, 1.54) is 23.1 Å². The normalized spacial score (nSPS) is 10.7. The molecule has 0 atom stereocenters. The smallest absolute Gasteiger partial charge is 0.266 e. The van der Waals surface area contributed by atoms with Crippen LogP contribution in [-0.4, -0.2) is 21.2 Å². The van der Waals surface area contributed by atoms with Crippen molar-refractivity contribution in [3.63, 3.8) is 0 Å². The van der Waals surface area contributed by atoms with E-state index in [-0.39, 0.29) is 17.2 Å². The Labute approximate surface area is 187 Å². The molecule has 31 heavy (non-hydrogen) atoms. The fraction of sp³-hybridized carbons (Fsp3) is 0.130. The van der Waals surface area contributed by atoms with Gasteiger partial charge in [0.05, 0.1) is 27.9 Å². The fourth-order valence-corrected chi connectivity index (χ4v) is 4.73. The maximum atomic E-state index is 13.4. The van der Waals surface area contributed by atoms with Crippen LogP contribution in [0, 0.1) is 25.2 Å². The molecule has 0 aliphatic rings. The van der Waals surface area contributed by atoms with E-state index in [0.717, 1.165) is 16.8 Å². The molecule has 0 saturated heterocycles. The first-order valence-corrected chi connectivity index (χ1v) is 11.3. The van der Waals surface area contributed by atoms with Gasteiger partial charge in [-0.25, -0.2) is 4.98 Å². The quantitative estimate of drug-likeness (QED) is 0.356. The van der Waals surface area contributed by atoms with Gasteiger partial charge < -0.3 is 5.32 Å². The average Bonchev–Trinajstić information content (AvgIpc) is 3.21. The van der Waals surface area contributed by atoms with Gasteiger partial charge >= 0.3 is 0 Å². The molecule has 8 heteroatoms. The molecule has 0 spiro atoms. The number of rotatable bonds is 5. The van der Waals surface area contributed by atoms with Crippen LogP contribution < -0.4 is 10.9 Å². The fourth-order valence-electron chi connectivity index (χ4n) is 3.17. The lowest BCUT2D eigenvalue weighted by Crippen LogP contribution is -2.23. The van der Waals surface area contributed by atoms with Crippen LogP contribution in [0.2, 0.25) is 0 Å². The number of benzene rings is 2. The van der Waals surface area contributed by atoms with Gasteiger partial charge in [0.2, 0.25) is 5.91 Å². The van der Waals surface area contributed by atoms with Crippen LogP contribution in [-0.2, 0) is 4.79 Å². The second-order valence-corrected chi connectivity index (χ2v) is 8.81. The van der Waals surface area contributed by atoms with Crippen molar-refractivity contribution in [2.75, 3.05) is 11.1 Å². The molecular weight excluding hydrogens is 428 g/mol. The topological polar surface area (TPSA) is 87.8 Å². The number of nitrogens with one attached hydrogen (secondary N) is 1. The number of hydrogen-bond acceptors (Lipinski definition) is 6. The molecule has 4 aromatic rings. The summed E-state index contributed by atoms with van der Waals surface area (Å²) in [4.78, 5) is 30.6. The summed E-state index contributed by atoms with van der Waals surface area (Å²) in [5, 5.41) is 15.1. The average molecular weight is 447 g/mol. The maximum Gasteiger partial charge on any atom is 0.266 e. The summed E-state index contributed by atoms with van der Waals surface area (Å²) in [5.74, 6) is -0.211. The summed E-state index contributed by atoms with van der Waals surface area (Å²) in [6, 6.07) is 16.8. The Kier molecular flexibility index (Phi) is 5.89. The van der Waals surface area contributed by atoms with Crippen molar-refractivity contribution in [2.24, 2.45) is 0 Å². The number of para-hydroxylation sites is 1. The van der Waals surface area contributed by atoms with E-state index in [0.29, 0.717) is 26.6 Å². The molecule has 0 aliphatic heterocycles. The Balaban J connectivity index is 1.73. The SMILES string of the molecule is Cc1ccc(C)c(-n2c(SCC(=O)Nc3sccc3C#N)nc3ccccc3c2=O)c1. The number of carbonyl (C=O) groups excluding carboxylic acids is 1. The summed E-state index contributed by atoms with van der Waals surface area (Å²) >= 11 is 2.49. The molecule has 0 saturated carbocycles. The summed E-state index contributed by atoms with van der Waals surface area (Å²) in [7, 11) is 0. The predicted molar refractivity (Wildman–Crippen MR) is 125 cm³/mol. The van der Waals surface area contributed by atoms with Crippen molar-refractivity contribution in [3.8, 4) is 11.8 Å². The van der Waals surface area contributed by atoms with Crippen molar-refractivity contribution in [1.29, 1.82) is 5.26 Å². The number of amides is 1. The van der Waals surface area contributed by atoms with Gasteiger partial charge in [0.1, 0.15) is 11.1 Å². The van der Waals surface area contributed by atoms with E-state index in [4.69, 9.17) is 5.26 Å². The van der Waals surface area contributed by atoms with Crippen LogP contribution in [0.5, 0.6) is 0 Å². The van der Waals surface area contributed by atoms with Gasteiger partial charge in [0, 0.05) is 0 Å². The lowest BCUT2D eigenvalue weighted by molar-refractivity contribution is -0.113. The van der Waals surface area contributed by atoms with Gasteiger partial charge in [0.15, 0.2) is 5.16 Å². The van der Waals surface area contributed by atoms with E-state index >= 15 is 0 Å². The van der Waals surface area contributed by atoms with E-state index in [1.807, 2.05) is 44.2 Å². The first-order valence-electron chi connectivity index (χ1n) is 9.47. The molecule has 2 aromatic heterocycles. The van der Waals surface area contributed by atoms with Crippen molar-refractivity contribution >= 4 is 44.9 Å². The number of nitrogens with zero attached hydrogens (tertiary/aromatic N) is 3. The highest BCUT2D eigenvalue weighted by Crippen LogP contribution is 2.26. The second-order valence-electron chi connectivity index (χ2n) is 6.95. The lowest BCUT2D eigenvalue weighted by Gasteiger charge is -2.15. The number of aryl methyl sites for hydroxylation is 2. The maximum absolute atomic E-state index is 13.4. The Morgan fingerprint density at radius 1 is 1.23 bits per heavy atom. The van der Waals surface area contributed by atoms with Gasteiger partial charge in [-0.2, -0.15) is 5.26 Å². The van der Waals surface area contributed by atoms with Crippen molar-refractivity contribution in [2.45, 2.75) is 19.0 Å². The molecule has 6 nitrogen and oxygen atoms in total.